The van der Waals surface area contributed by atoms with Crippen molar-refractivity contribution in [1.29, 1.82) is 0 Å². The molecule has 1 aliphatic rings. The van der Waals surface area contributed by atoms with Crippen LogP contribution in [0.15, 0.2) is 18.2 Å². The van der Waals surface area contributed by atoms with Crippen molar-refractivity contribution in [3.8, 4) is 11.8 Å². The summed E-state index contributed by atoms with van der Waals surface area (Å²) in [7, 11) is 2.13. The predicted molar refractivity (Wildman–Crippen MR) is 79.2 cm³/mol. The minimum Gasteiger partial charge on any atom is -0.392 e. The smallest absolute Gasteiger partial charge is 0.211 e. The van der Waals surface area contributed by atoms with Gasteiger partial charge in [-0.25, -0.2) is 0 Å². The van der Waals surface area contributed by atoms with Gasteiger partial charge in [0.15, 0.2) is 0 Å². The summed E-state index contributed by atoms with van der Waals surface area (Å²) < 4.78 is 0. The van der Waals surface area contributed by atoms with E-state index < -0.39 is 0 Å². The fourth-order valence-electron chi connectivity index (χ4n) is 2.34. The highest BCUT2D eigenvalue weighted by atomic mass is 16.3. The molecule has 2 N–H and O–H groups in total. The Morgan fingerprint density at radius 3 is 2.85 bits per heavy atom. The Hall–Kier alpha value is -1.83. The lowest BCUT2D eigenvalue weighted by atomic mass is 9.97. The summed E-state index contributed by atoms with van der Waals surface area (Å²) in [5, 5.41) is 12.0. The van der Waals surface area contributed by atoms with Gasteiger partial charge in [-0.3, -0.25) is 4.79 Å². The van der Waals surface area contributed by atoms with Gasteiger partial charge in [-0.15, -0.1) is 0 Å². The first kappa shape index (κ1) is 14.6. The highest BCUT2D eigenvalue weighted by Crippen LogP contribution is 2.17. The zero-order valence-corrected chi connectivity index (χ0v) is 11.7. The molecule has 106 valence electrons. The third-order valence-corrected chi connectivity index (χ3v) is 3.63. The van der Waals surface area contributed by atoms with Gasteiger partial charge in [-0.2, -0.15) is 0 Å². The van der Waals surface area contributed by atoms with E-state index in [1.165, 1.54) is 0 Å². The molecule has 0 bridgehead atoms. The number of amides is 1. The van der Waals surface area contributed by atoms with Crippen molar-refractivity contribution in [2.24, 2.45) is 5.92 Å². The Balaban J connectivity index is 2.11. The third kappa shape index (κ3) is 3.83. The van der Waals surface area contributed by atoms with Crippen LogP contribution in [-0.2, 0) is 11.4 Å². The zero-order chi connectivity index (χ0) is 14.4. The summed E-state index contributed by atoms with van der Waals surface area (Å²) >= 11 is 0. The molecular weight excluding hydrogens is 252 g/mol. The number of aliphatic hydroxyl groups is 1. The molecular formula is C16H20N2O2. The second-order valence-electron chi connectivity index (χ2n) is 5.14. The number of aliphatic hydroxyl groups excluding tert-OH is 1. The van der Waals surface area contributed by atoms with Crippen LogP contribution in [0.2, 0.25) is 0 Å². The van der Waals surface area contributed by atoms with Crippen LogP contribution in [0.4, 0.5) is 5.69 Å². The molecule has 1 aliphatic heterocycles. The molecule has 0 spiro atoms. The van der Waals surface area contributed by atoms with Gasteiger partial charge in [-0.05, 0) is 56.7 Å². The van der Waals surface area contributed by atoms with E-state index in [9.17, 15) is 9.90 Å². The molecule has 0 aliphatic carbocycles. The normalized spacial score (nSPS) is 16.3. The predicted octanol–water partition coefficient (Wildman–Crippen LogP) is 1.44. The Kier molecular flexibility index (Phi) is 5.16. The minimum atomic E-state index is -0.0776. The zero-order valence-electron chi connectivity index (χ0n) is 11.7. The lowest BCUT2D eigenvalue weighted by Crippen LogP contribution is -2.29. The van der Waals surface area contributed by atoms with Gasteiger partial charge in [0.25, 0.3) is 0 Å². The van der Waals surface area contributed by atoms with Crippen molar-refractivity contribution >= 4 is 12.1 Å². The summed E-state index contributed by atoms with van der Waals surface area (Å²) in [5.74, 6) is 6.92. The number of likely N-dealkylation sites (tertiary alicyclic amines) is 1. The number of benzene rings is 1. The Bertz CT molecular complexity index is 523. The first-order chi connectivity index (χ1) is 9.72. The van der Waals surface area contributed by atoms with E-state index in [0.717, 1.165) is 37.1 Å². The fraction of sp³-hybridized carbons (Fsp3) is 0.438. The number of hydrogen-bond acceptors (Lipinski definition) is 3. The molecule has 1 heterocycles. The molecule has 0 saturated carbocycles. The summed E-state index contributed by atoms with van der Waals surface area (Å²) in [6, 6.07) is 5.40. The molecule has 4 heteroatoms. The van der Waals surface area contributed by atoms with Crippen LogP contribution in [0.3, 0.4) is 0 Å². The van der Waals surface area contributed by atoms with E-state index in [1.54, 1.807) is 12.1 Å². The molecule has 0 atom stereocenters. The van der Waals surface area contributed by atoms with E-state index in [0.29, 0.717) is 18.0 Å². The van der Waals surface area contributed by atoms with Crippen LogP contribution in [0, 0.1) is 17.8 Å². The second kappa shape index (κ2) is 7.09. The summed E-state index contributed by atoms with van der Waals surface area (Å²) in [6.07, 6.45) is 2.83. The lowest BCUT2D eigenvalue weighted by molar-refractivity contribution is -0.105. The first-order valence-electron chi connectivity index (χ1n) is 6.87. The molecule has 1 aromatic rings. The molecule has 0 aromatic heterocycles. The maximum Gasteiger partial charge on any atom is 0.211 e. The van der Waals surface area contributed by atoms with E-state index in [2.05, 4.69) is 29.1 Å². The van der Waals surface area contributed by atoms with E-state index in [4.69, 9.17) is 0 Å². The van der Waals surface area contributed by atoms with Crippen LogP contribution in [0.5, 0.6) is 0 Å². The molecule has 1 amide bonds. The third-order valence-electron chi connectivity index (χ3n) is 3.63. The number of piperidine rings is 1. The van der Waals surface area contributed by atoms with Gasteiger partial charge < -0.3 is 15.3 Å². The van der Waals surface area contributed by atoms with Gasteiger partial charge in [0.1, 0.15) is 0 Å². The highest BCUT2D eigenvalue weighted by molar-refractivity contribution is 5.72. The van der Waals surface area contributed by atoms with Crippen LogP contribution in [0.25, 0.3) is 0 Å². The minimum absolute atomic E-state index is 0.0776. The Labute approximate surface area is 119 Å². The maximum absolute atomic E-state index is 10.4. The van der Waals surface area contributed by atoms with E-state index in [-0.39, 0.29) is 6.61 Å². The monoisotopic (exact) mass is 272 g/mol. The lowest BCUT2D eigenvalue weighted by Gasteiger charge is -2.25. The number of nitrogens with zero attached hydrogens (tertiary/aromatic N) is 1. The Morgan fingerprint density at radius 1 is 1.45 bits per heavy atom. The van der Waals surface area contributed by atoms with Gasteiger partial charge in [-0.1, -0.05) is 11.8 Å². The van der Waals surface area contributed by atoms with Crippen LogP contribution < -0.4 is 5.32 Å². The van der Waals surface area contributed by atoms with Crippen molar-refractivity contribution in [2.75, 3.05) is 25.5 Å². The molecule has 1 fully saturated rings. The van der Waals surface area contributed by atoms with Crippen molar-refractivity contribution in [3.05, 3.63) is 29.3 Å². The number of nitrogens with one attached hydrogen (secondary N) is 1. The Morgan fingerprint density at radius 2 is 2.20 bits per heavy atom. The number of rotatable bonds is 3. The average Bonchev–Trinajstić information content (AvgIpc) is 2.47. The van der Waals surface area contributed by atoms with Crippen molar-refractivity contribution in [1.82, 2.24) is 4.90 Å². The quantitative estimate of drug-likeness (QED) is 0.646. The summed E-state index contributed by atoms with van der Waals surface area (Å²) in [5.41, 5.74) is 2.26. The van der Waals surface area contributed by atoms with Crippen molar-refractivity contribution in [3.63, 3.8) is 0 Å². The maximum atomic E-state index is 10.4. The van der Waals surface area contributed by atoms with E-state index >= 15 is 0 Å². The van der Waals surface area contributed by atoms with Crippen LogP contribution >= 0.6 is 0 Å². The topological polar surface area (TPSA) is 52.6 Å². The number of carbonyl (C=O) groups excluding carboxylic acids is 1. The summed E-state index contributed by atoms with van der Waals surface area (Å²) in [4.78, 5) is 12.7. The first-order valence-corrected chi connectivity index (χ1v) is 6.87. The molecule has 20 heavy (non-hydrogen) atoms. The van der Waals surface area contributed by atoms with Gasteiger partial charge in [0.05, 0.1) is 6.61 Å². The molecule has 0 radical (unpaired) electrons. The fourth-order valence-corrected chi connectivity index (χ4v) is 2.34. The van der Waals surface area contributed by atoms with Crippen LogP contribution in [-0.4, -0.2) is 36.6 Å². The second-order valence-corrected chi connectivity index (χ2v) is 5.14. The molecule has 1 saturated heterocycles. The molecule has 2 rings (SSSR count). The molecule has 4 nitrogen and oxygen atoms in total. The number of carbonyl (C=O) groups is 1. The van der Waals surface area contributed by atoms with Crippen molar-refractivity contribution in [2.45, 2.75) is 19.4 Å². The van der Waals surface area contributed by atoms with Gasteiger partial charge in [0.2, 0.25) is 6.41 Å². The SMILES string of the molecule is CN1CCC(C#Cc2ccc(NC=O)cc2CO)CC1. The average molecular weight is 272 g/mol. The molecule has 1 aromatic carbocycles. The summed E-state index contributed by atoms with van der Waals surface area (Å²) in [6.45, 7) is 2.11. The number of hydrogen-bond donors (Lipinski definition) is 2. The standard InChI is InChI=1S/C16H20N2O2/c1-18-8-6-13(7-9-18)2-3-14-4-5-16(17-12-20)10-15(14)11-19/h4-5,10,12-13,19H,6-9,11H2,1H3,(H,17,20). The molecule has 0 unspecified atom stereocenters. The van der Waals surface area contributed by atoms with Gasteiger partial charge in [0, 0.05) is 17.2 Å². The van der Waals surface area contributed by atoms with Crippen molar-refractivity contribution < 1.29 is 9.90 Å². The van der Waals surface area contributed by atoms with Gasteiger partial charge >= 0.3 is 0 Å². The largest absolute Gasteiger partial charge is 0.392 e. The van der Waals surface area contributed by atoms with E-state index in [1.807, 2.05) is 6.07 Å². The number of anilines is 1. The highest BCUT2D eigenvalue weighted by Gasteiger charge is 2.14. The van der Waals surface area contributed by atoms with Crippen LogP contribution in [0.1, 0.15) is 24.0 Å².